The molecule has 7 nitrogen and oxygen atoms in total. The average Bonchev–Trinajstić information content (AvgIpc) is 3.33. The number of methoxy groups -OCH3 is 1. The number of nitrogens with zero attached hydrogens (tertiary/aromatic N) is 4. The van der Waals surface area contributed by atoms with Gasteiger partial charge in [0.1, 0.15) is 5.75 Å². The summed E-state index contributed by atoms with van der Waals surface area (Å²) in [6.07, 6.45) is 4.73. The van der Waals surface area contributed by atoms with Crippen molar-refractivity contribution in [3.63, 3.8) is 0 Å². The summed E-state index contributed by atoms with van der Waals surface area (Å²) in [5.41, 5.74) is 1.92. The van der Waals surface area contributed by atoms with Crippen LogP contribution in [-0.2, 0) is 13.0 Å². The van der Waals surface area contributed by atoms with E-state index in [9.17, 15) is 0 Å². The maximum absolute atomic E-state index is 5.19. The number of hydrogen-bond donors (Lipinski definition) is 2. The van der Waals surface area contributed by atoms with E-state index in [1.165, 1.54) is 4.88 Å². The standard InChI is InChI=1S/C19H24N6OS.HI/c1-14-12-22-18(27-14)8-10-21-19(20-2)23-13-15-9-11-25(24-15)16-4-6-17(26-3)7-5-16;/h4-7,9,11-12H,8,10,13H2,1-3H3,(H2,20,21,23);1H. The predicted molar refractivity (Wildman–Crippen MR) is 124 cm³/mol. The van der Waals surface area contributed by atoms with E-state index < -0.39 is 0 Å². The van der Waals surface area contributed by atoms with Gasteiger partial charge in [0.15, 0.2) is 5.96 Å². The van der Waals surface area contributed by atoms with Crippen LogP contribution in [0.25, 0.3) is 5.69 Å². The number of ether oxygens (including phenoxy) is 1. The summed E-state index contributed by atoms with van der Waals surface area (Å²) >= 11 is 1.73. The maximum atomic E-state index is 5.19. The van der Waals surface area contributed by atoms with Gasteiger partial charge in [-0.05, 0) is 37.3 Å². The highest BCUT2D eigenvalue weighted by Crippen LogP contribution is 2.14. The first-order chi connectivity index (χ1) is 13.2. The average molecular weight is 512 g/mol. The van der Waals surface area contributed by atoms with E-state index in [4.69, 9.17) is 4.74 Å². The summed E-state index contributed by atoms with van der Waals surface area (Å²) in [6, 6.07) is 9.78. The van der Waals surface area contributed by atoms with Crippen molar-refractivity contribution in [1.29, 1.82) is 0 Å². The van der Waals surface area contributed by atoms with Crippen LogP contribution >= 0.6 is 35.3 Å². The van der Waals surface area contributed by atoms with Gasteiger partial charge >= 0.3 is 0 Å². The van der Waals surface area contributed by atoms with Crippen molar-refractivity contribution < 1.29 is 4.74 Å². The number of guanidine groups is 1. The van der Waals surface area contributed by atoms with Crippen LogP contribution in [0.15, 0.2) is 47.7 Å². The SMILES string of the molecule is CN=C(NCCc1ncc(C)s1)NCc1ccn(-c2ccc(OC)cc2)n1.I. The molecule has 0 spiro atoms. The lowest BCUT2D eigenvalue weighted by Gasteiger charge is -2.10. The first-order valence-corrected chi connectivity index (χ1v) is 9.54. The first-order valence-electron chi connectivity index (χ1n) is 8.72. The Morgan fingerprint density at radius 3 is 2.64 bits per heavy atom. The number of nitrogens with one attached hydrogen (secondary N) is 2. The van der Waals surface area contributed by atoms with Crippen molar-refractivity contribution in [3.05, 3.63) is 58.3 Å². The molecule has 0 fully saturated rings. The lowest BCUT2D eigenvalue weighted by Crippen LogP contribution is -2.37. The Hall–Kier alpha value is -2.14. The third-order valence-corrected chi connectivity index (χ3v) is 4.91. The number of benzene rings is 1. The number of thiazole rings is 1. The summed E-state index contributed by atoms with van der Waals surface area (Å²) in [6.45, 7) is 3.45. The molecule has 0 saturated heterocycles. The summed E-state index contributed by atoms with van der Waals surface area (Å²) in [4.78, 5) is 9.86. The molecule has 0 unspecified atom stereocenters. The number of rotatable bonds is 7. The Kier molecular flexibility index (Phi) is 8.71. The lowest BCUT2D eigenvalue weighted by atomic mass is 10.3. The molecule has 1 aromatic carbocycles. The van der Waals surface area contributed by atoms with E-state index in [1.54, 1.807) is 25.5 Å². The molecule has 2 aromatic heterocycles. The zero-order valence-electron chi connectivity index (χ0n) is 16.2. The van der Waals surface area contributed by atoms with Crippen LogP contribution in [-0.4, -0.2) is 41.4 Å². The molecule has 0 radical (unpaired) electrons. The number of aliphatic imine (C=N–C) groups is 1. The van der Waals surface area contributed by atoms with Gasteiger partial charge < -0.3 is 15.4 Å². The predicted octanol–water partition coefficient (Wildman–Crippen LogP) is 3.17. The minimum atomic E-state index is 0. The van der Waals surface area contributed by atoms with Gasteiger partial charge in [0.2, 0.25) is 0 Å². The van der Waals surface area contributed by atoms with E-state index >= 15 is 0 Å². The minimum absolute atomic E-state index is 0. The Morgan fingerprint density at radius 2 is 2.00 bits per heavy atom. The molecular formula is C19H25IN6OS. The quantitative estimate of drug-likeness (QED) is 0.289. The van der Waals surface area contributed by atoms with E-state index in [1.807, 2.05) is 47.4 Å². The Balaban J connectivity index is 0.00000280. The lowest BCUT2D eigenvalue weighted by molar-refractivity contribution is 0.414. The van der Waals surface area contributed by atoms with Crippen LogP contribution in [0.5, 0.6) is 5.75 Å². The van der Waals surface area contributed by atoms with Crippen LogP contribution in [0.4, 0.5) is 0 Å². The third-order valence-electron chi connectivity index (χ3n) is 3.94. The zero-order chi connectivity index (χ0) is 19.1. The van der Waals surface area contributed by atoms with E-state index in [2.05, 4.69) is 32.6 Å². The van der Waals surface area contributed by atoms with Gasteiger partial charge in [-0.15, -0.1) is 35.3 Å². The Morgan fingerprint density at radius 1 is 1.21 bits per heavy atom. The molecule has 2 heterocycles. The monoisotopic (exact) mass is 512 g/mol. The van der Waals surface area contributed by atoms with Gasteiger partial charge in [0.05, 0.1) is 30.0 Å². The second-order valence-corrected chi connectivity index (χ2v) is 7.24. The van der Waals surface area contributed by atoms with Gasteiger partial charge in [0, 0.05) is 37.3 Å². The van der Waals surface area contributed by atoms with Gasteiger partial charge in [-0.1, -0.05) is 0 Å². The van der Waals surface area contributed by atoms with Gasteiger partial charge in [-0.3, -0.25) is 4.99 Å². The highest BCUT2D eigenvalue weighted by Gasteiger charge is 2.04. The van der Waals surface area contributed by atoms with Crippen molar-refractivity contribution >= 4 is 41.3 Å². The van der Waals surface area contributed by atoms with E-state index in [0.717, 1.165) is 41.1 Å². The fraction of sp³-hybridized carbons (Fsp3) is 0.316. The largest absolute Gasteiger partial charge is 0.497 e. The molecule has 150 valence electrons. The van der Waals surface area contributed by atoms with Crippen molar-refractivity contribution in [2.45, 2.75) is 19.9 Å². The molecule has 28 heavy (non-hydrogen) atoms. The fourth-order valence-corrected chi connectivity index (χ4v) is 3.32. The third kappa shape index (κ3) is 6.20. The molecule has 0 atom stereocenters. The second kappa shape index (κ2) is 11.0. The molecule has 2 N–H and O–H groups in total. The molecule has 0 aliphatic carbocycles. The van der Waals surface area contributed by atoms with Crippen molar-refractivity contribution in [1.82, 2.24) is 25.4 Å². The molecular weight excluding hydrogens is 487 g/mol. The van der Waals surface area contributed by atoms with Crippen molar-refractivity contribution in [2.24, 2.45) is 4.99 Å². The number of aryl methyl sites for hydroxylation is 1. The molecule has 0 saturated carbocycles. The van der Waals surface area contributed by atoms with Gasteiger partial charge in [-0.2, -0.15) is 5.10 Å². The van der Waals surface area contributed by atoms with Crippen LogP contribution in [0, 0.1) is 6.92 Å². The maximum Gasteiger partial charge on any atom is 0.191 e. The fourth-order valence-electron chi connectivity index (χ4n) is 2.53. The van der Waals surface area contributed by atoms with Crippen LogP contribution in [0.3, 0.4) is 0 Å². The summed E-state index contributed by atoms with van der Waals surface area (Å²) in [5.74, 6) is 1.58. The van der Waals surface area contributed by atoms with Crippen LogP contribution in [0.1, 0.15) is 15.6 Å². The minimum Gasteiger partial charge on any atom is -0.497 e. The topological polar surface area (TPSA) is 76.4 Å². The Labute approximate surface area is 186 Å². The number of hydrogen-bond acceptors (Lipinski definition) is 5. The smallest absolute Gasteiger partial charge is 0.191 e. The molecule has 3 aromatic rings. The second-order valence-electron chi connectivity index (χ2n) is 5.92. The van der Waals surface area contributed by atoms with Crippen molar-refractivity contribution in [2.75, 3.05) is 20.7 Å². The van der Waals surface area contributed by atoms with E-state index in [0.29, 0.717) is 6.54 Å². The van der Waals surface area contributed by atoms with Crippen molar-refractivity contribution in [3.8, 4) is 11.4 Å². The Bertz CT molecular complexity index is 890. The molecule has 9 heteroatoms. The van der Waals surface area contributed by atoms with Crippen LogP contribution in [0.2, 0.25) is 0 Å². The van der Waals surface area contributed by atoms with Gasteiger partial charge in [0.25, 0.3) is 0 Å². The highest BCUT2D eigenvalue weighted by atomic mass is 127. The zero-order valence-corrected chi connectivity index (χ0v) is 19.3. The summed E-state index contributed by atoms with van der Waals surface area (Å²) in [5, 5.41) is 12.3. The van der Waals surface area contributed by atoms with Crippen LogP contribution < -0.4 is 15.4 Å². The molecule has 3 rings (SSSR count). The first kappa shape index (κ1) is 22.2. The summed E-state index contributed by atoms with van der Waals surface area (Å²) < 4.78 is 7.03. The molecule has 0 amide bonds. The molecule has 0 aliphatic rings. The highest BCUT2D eigenvalue weighted by molar-refractivity contribution is 14.0. The molecule has 0 bridgehead atoms. The molecule has 0 aliphatic heterocycles. The summed E-state index contributed by atoms with van der Waals surface area (Å²) in [7, 11) is 3.42. The normalized spacial score (nSPS) is 11.0. The van der Waals surface area contributed by atoms with Gasteiger partial charge in [-0.25, -0.2) is 9.67 Å². The number of halogens is 1. The van der Waals surface area contributed by atoms with E-state index in [-0.39, 0.29) is 24.0 Å². The number of aromatic nitrogens is 3.